The fraction of sp³-hybridized carbons (Fsp3) is 0.438. The normalized spacial score (nSPS) is 22.9. The highest BCUT2D eigenvalue weighted by Crippen LogP contribution is 2.28. The van der Waals surface area contributed by atoms with Crippen LogP contribution in [-0.2, 0) is 0 Å². The van der Waals surface area contributed by atoms with Gasteiger partial charge in [0.05, 0.1) is 18.2 Å². The molecule has 0 spiro atoms. The Labute approximate surface area is 124 Å². The molecule has 1 aliphatic rings. The minimum absolute atomic E-state index is 0.416. The lowest BCUT2D eigenvalue weighted by atomic mass is 9.97. The molecule has 0 radical (unpaired) electrons. The van der Waals surface area contributed by atoms with Crippen molar-refractivity contribution in [3.05, 3.63) is 42.5 Å². The average Bonchev–Trinajstić information content (AvgIpc) is 2.97. The number of imidazole rings is 1. The molecule has 3 rings (SSSR count). The van der Waals surface area contributed by atoms with E-state index >= 15 is 0 Å². The summed E-state index contributed by atoms with van der Waals surface area (Å²) >= 11 is 1.77. The van der Waals surface area contributed by atoms with Gasteiger partial charge in [-0.3, -0.25) is 0 Å². The van der Waals surface area contributed by atoms with Gasteiger partial charge in [-0.05, 0) is 50.6 Å². The van der Waals surface area contributed by atoms with Crippen LogP contribution in [0.2, 0.25) is 0 Å². The molecule has 1 aliphatic heterocycles. The van der Waals surface area contributed by atoms with Gasteiger partial charge in [-0.15, -0.1) is 11.8 Å². The number of hydrogen-bond acceptors (Lipinski definition) is 3. The van der Waals surface area contributed by atoms with Crippen LogP contribution in [0.25, 0.3) is 5.69 Å². The number of nitrogens with zero attached hydrogens (tertiary/aromatic N) is 2. The molecule has 106 valence electrons. The number of rotatable bonds is 3. The molecule has 2 atom stereocenters. The summed E-state index contributed by atoms with van der Waals surface area (Å²) in [6.45, 7) is 2.27. The molecular weight excluding hydrogens is 266 g/mol. The Hall–Kier alpha value is -1.26. The van der Waals surface area contributed by atoms with E-state index < -0.39 is 0 Å². The third kappa shape index (κ3) is 2.76. The number of piperidine rings is 1. The molecule has 3 nitrogen and oxygen atoms in total. The van der Waals surface area contributed by atoms with Crippen LogP contribution in [0.5, 0.6) is 0 Å². The summed E-state index contributed by atoms with van der Waals surface area (Å²) in [4.78, 5) is 5.65. The Morgan fingerprint density at radius 1 is 1.35 bits per heavy atom. The average molecular weight is 287 g/mol. The van der Waals surface area contributed by atoms with Gasteiger partial charge in [0, 0.05) is 22.7 Å². The van der Waals surface area contributed by atoms with E-state index in [4.69, 9.17) is 0 Å². The minimum atomic E-state index is 0.416. The zero-order valence-electron chi connectivity index (χ0n) is 12.0. The van der Waals surface area contributed by atoms with Crippen molar-refractivity contribution in [2.45, 2.75) is 43.2 Å². The summed E-state index contributed by atoms with van der Waals surface area (Å²) in [5.41, 5.74) is 2.47. The highest BCUT2D eigenvalue weighted by molar-refractivity contribution is 7.98. The molecule has 0 bridgehead atoms. The Bertz CT molecular complexity index is 579. The quantitative estimate of drug-likeness (QED) is 0.871. The fourth-order valence-corrected chi connectivity index (χ4v) is 3.36. The van der Waals surface area contributed by atoms with Gasteiger partial charge < -0.3 is 9.88 Å². The molecule has 2 aromatic rings. The SMILES string of the molecule is CSc1cccc(-n2cncc2C2CCCC(C)N2)c1. The van der Waals surface area contributed by atoms with E-state index in [1.54, 1.807) is 11.8 Å². The molecule has 1 N–H and O–H groups in total. The maximum absolute atomic E-state index is 4.37. The summed E-state index contributed by atoms with van der Waals surface area (Å²) in [7, 11) is 0. The summed E-state index contributed by atoms with van der Waals surface area (Å²) in [6.07, 6.45) is 9.79. The predicted molar refractivity (Wildman–Crippen MR) is 84.5 cm³/mol. The van der Waals surface area contributed by atoms with Crippen molar-refractivity contribution in [3.63, 3.8) is 0 Å². The lowest BCUT2D eigenvalue weighted by Crippen LogP contribution is -2.35. The van der Waals surface area contributed by atoms with E-state index in [1.165, 1.54) is 35.5 Å². The maximum atomic E-state index is 4.37. The summed E-state index contributed by atoms with van der Waals surface area (Å²) < 4.78 is 2.22. The first-order chi connectivity index (χ1) is 9.78. The lowest BCUT2D eigenvalue weighted by molar-refractivity contribution is 0.334. The third-order valence-electron chi connectivity index (χ3n) is 3.97. The lowest BCUT2D eigenvalue weighted by Gasteiger charge is -2.29. The Morgan fingerprint density at radius 2 is 2.25 bits per heavy atom. The van der Waals surface area contributed by atoms with Gasteiger partial charge in [0.2, 0.25) is 0 Å². The topological polar surface area (TPSA) is 29.9 Å². The summed E-state index contributed by atoms with van der Waals surface area (Å²) in [5.74, 6) is 0. The second-order valence-corrected chi connectivity index (χ2v) is 6.32. The van der Waals surface area contributed by atoms with Crippen molar-refractivity contribution in [3.8, 4) is 5.69 Å². The Balaban J connectivity index is 1.92. The van der Waals surface area contributed by atoms with Crippen molar-refractivity contribution in [2.24, 2.45) is 0 Å². The van der Waals surface area contributed by atoms with E-state index in [2.05, 4.69) is 52.3 Å². The maximum Gasteiger partial charge on any atom is 0.0994 e. The van der Waals surface area contributed by atoms with E-state index in [1.807, 2.05) is 12.5 Å². The van der Waals surface area contributed by atoms with Crippen molar-refractivity contribution >= 4 is 11.8 Å². The first-order valence-electron chi connectivity index (χ1n) is 7.20. The van der Waals surface area contributed by atoms with Crippen LogP contribution in [0.3, 0.4) is 0 Å². The highest BCUT2D eigenvalue weighted by atomic mass is 32.2. The molecule has 1 fully saturated rings. The molecule has 2 unspecified atom stereocenters. The second-order valence-electron chi connectivity index (χ2n) is 5.44. The molecule has 1 saturated heterocycles. The van der Waals surface area contributed by atoms with Crippen LogP contribution in [0.15, 0.2) is 41.7 Å². The summed E-state index contributed by atoms with van der Waals surface area (Å²) in [5, 5.41) is 3.69. The molecule has 1 aromatic carbocycles. The van der Waals surface area contributed by atoms with Gasteiger partial charge in [-0.1, -0.05) is 6.07 Å². The first kappa shape index (κ1) is 13.7. The van der Waals surface area contributed by atoms with E-state index in [9.17, 15) is 0 Å². The van der Waals surface area contributed by atoms with Crippen LogP contribution in [-0.4, -0.2) is 21.8 Å². The largest absolute Gasteiger partial charge is 0.306 e. The van der Waals surface area contributed by atoms with Crippen molar-refractivity contribution in [1.29, 1.82) is 0 Å². The smallest absolute Gasteiger partial charge is 0.0994 e. The van der Waals surface area contributed by atoms with Gasteiger partial charge in [0.25, 0.3) is 0 Å². The van der Waals surface area contributed by atoms with Gasteiger partial charge in [0.1, 0.15) is 0 Å². The third-order valence-corrected chi connectivity index (χ3v) is 4.70. The van der Waals surface area contributed by atoms with Gasteiger partial charge in [-0.2, -0.15) is 0 Å². The highest BCUT2D eigenvalue weighted by Gasteiger charge is 2.22. The van der Waals surface area contributed by atoms with Crippen molar-refractivity contribution in [1.82, 2.24) is 14.9 Å². The number of benzene rings is 1. The zero-order chi connectivity index (χ0) is 13.9. The molecule has 20 heavy (non-hydrogen) atoms. The summed E-state index contributed by atoms with van der Waals surface area (Å²) in [6, 6.07) is 9.64. The zero-order valence-corrected chi connectivity index (χ0v) is 12.9. The molecule has 0 aliphatic carbocycles. The van der Waals surface area contributed by atoms with Crippen LogP contribution in [0, 0.1) is 0 Å². The fourth-order valence-electron chi connectivity index (χ4n) is 2.91. The van der Waals surface area contributed by atoms with Crippen molar-refractivity contribution < 1.29 is 0 Å². The number of nitrogens with one attached hydrogen (secondary N) is 1. The van der Waals surface area contributed by atoms with E-state index in [0.717, 1.165) is 0 Å². The standard InChI is InChI=1S/C16H21N3S/c1-12-5-3-8-15(18-12)16-10-17-11-19(16)13-6-4-7-14(9-13)20-2/h4,6-7,9-12,15,18H,3,5,8H2,1-2H3. The Morgan fingerprint density at radius 3 is 3.05 bits per heavy atom. The molecule has 4 heteroatoms. The molecule has 1 aromatic heterocycles. The van der Waals surface area contributed by atoms with Crippen LogP contribution in [0.1, 0.15) is 37.9 Å². The van der Waals surface area contributed by atoms with Crippen LogP contribution < -0.4 is 5.32 Å². The van der Waals surface area contributed by atoms with Crippen molar-refractivity contribution in [2.75, 3.05) is 6.26 Å². The van der Waals surface area contributed by atoms with Crippen LogP contribution >= 0.6 is 11.8 Å². The number of aromatic nitrogens is 2. The van der Waals surface area contributed by atoms with Crippen LogP contribution in [0.4, 0.5) is 0 Å². The predicted octanol–water partition coefficient (Wildman–Crippen LogP) is 3.80. The first-order valence-corrected chi connectivity index (χ1v) is 8.43. The number of thioether (sulfide) groups is 1. The monoisotopic (exact) mass is 287 g/mol. The van der Waals surface area contributed by atoms with Gasteiger partial charge >= 0.3 is 0 Å². The molecule has 0 amide bonds. The molecule has 0 saturated carbocycles. The van der Waals surface area contributed by atoms with Gasteiger partial charge in [0.15, 0.2) is 0 Å². The second kappa shape index (κ2) is 6.02. The molecule has 2 heterocycles. The Kier molecular flexibility index (Phi) is 4.13. The van der Waals surface area contributed by atoms with E-state index in [-0.39, 0.29) is 0 Å². The minimum Gasteiger partial charge on any atom is -0.306 e. The van der Waals surface area contributed by atoms with Gasteiger partial charge in [-0.25, -0.2) is 4.98 Å². The molecular formula is C16H21N3S. The number of hydrogen-bond donors (Lipinski definition) is 1. The van der Waals surface area contributed by atoms with E-state index in [0.29, 0.717) is 12.1 Å².